The SMILES string of the molecule is CCCCCC(F)COS(=O)(=O)c1ccc(C)cc1. The Labute approximate surface area is 114 Å². The van der Waals surface area contributed by atoms with Crippen molar-refractivity contribution < 1.29 is 17.0 Å². The second-order valence-electron chi connectivity index (χ2n) is 4.64. The van der Waals surface area contributed by atoms with Gasteiger partial charge < -0.3 is 0 Å². The average molecular weight is 288 g/mol. The van der Waals surface area contributed by atoms with Gasteiger partial charge in [0, 0.05) is 0 Å². The lowest BCUT2D eigenvalue weighted by molar-refractivity contribution is 0.188. The van der Waals surface area contributed by atoms with Crippen LogP contribution >= 0.6 is 0 Å². The van der Waals surface area contributed by atoms with E-state index in [1.165, 1.54) is 12.1 Å². The highest BCUT2D eigenvalue weighted by atomic mass is 32.2. The van der Waals surface area contributed by atoms with Crippen LogP contribution in [0.3, 0.4) is 0 Å². The normalized spacial score (nSPS) is 13.4. The first-order valence-corrected chi connectivity index (χ1v) is 7.96. The van der Waals surface area contributed by atoms with Crippen LogP contribution in [0.2, 0.25) is 0 Å². The summed E-state index contributed by atoms with van der Waals surface area (Å²) in [5.41, 5.74) is 0.960. The van der Waals surface area contributed by atoms with Gasteiger partial charge in [-0.15, -0.1) is 0 Å². The van der Waals surface area contributed by atoms with Gasteiger partial charge in [0.2, 0.25) is 0 Å². The smallest absolute Gasteiger partial charge is 0.263 e. The highest BCUT2D eigenvalue weighted by Crippen LogP contribution is 2.15. The molecule has 0 aromatic heterocycles. The van der Waals surface area contributed by atoms with Crippen molar-refractivity contribution in [3.05, 3.63) is 29.8 Å². The Kier molecular flexibility index (Phi) is 6.45. The van der Waals surface area contributed by atoms with Crippen LogP contribution in [0, 0.1) is 6.92 Å². The van der Waals surface area contributed by atoms with Crippen molar-refractivity contribution in [2.24, 2.45) is 0 Å². The summed E-state index contributed by atoms with van der Waals surface area (Å²) in [7, 11) is -3.84. The number of hydrogen-bond acceptors (Lipinski definition) is 3. The molecular formula is C14H21FO3S. The number of aryl methyl sites for hydroxylation is 1. The molecule has 0 fully saturated rings. The van der Waals surface area contributed by atoms with E-state index < -0.39 is 22.9 Å². The van der Waals surface area contributed by atoms with Crippen LogP contribution in [0.1, 0.15) is 38.2 Å². The van der Waals surface area contributed by atoms with Gasteiger partial charge in [-0.3, -0.25) is 4.18 Å². The Balaban J connectivity index is 2.49. The summed E-state index contributed by atoms with van der Waals surface area (Å²) in [6.45, 7) is 3.49. The fraction of sp³-hybridized carbons (Fsp3) is 0.571. The minimum Gasteiger partial charge on any atom is -0.263 e. The van der Waals surface area contributed by atoms with Crippen molar-refractivity contribution >= 4 is 10.1 Å². The minimum atomic E-state index is -3.84. The quantitative estimate of drug-likeness (QED) is 0.542. The van der Waals surface area contributed by atoms with Crippen molar-refractivity contribution in [3.8, 4) is 0 Å². The van der Waals surface area contributed by atoms with Crippen LogP contribution < -0.4 is 0 Å². The van der Waals surface area contributed by atoms with E-state index in [0.29, 0.717) is 6.42 Å². The van der Waals surface area contributed by atoms with Crippen LogP contribution in [0.5, 0.6) is 0 Å². The number of unbranched alkanes of at least 4 members (excludes halogenated alkanes) is 2. The lowest BCUT2D eigenvalue weighted by atomic mass is 10.1. The van der Waals surface area contributed by atoms with Gasteiger partial charge in [-0.05, 0) is 25.5 Å². The predicted molar refractivity (Wildman–Crippen MR) is 73.4 cm³/mol. The van der Waals surface area contributed by atoms with E-state index in [1.54, 1.807) is 12.1 Å². The summed E-state index contributed by atoms with van der Waals surface area (Å²) >= 11 is 0. The number of hydrogen-bond donors (Lipinski definition) is 0. The third-order valence-electron chi connectivity index (χ3n) is 2.83. The second kappa shape index (κ2) is 7.60. The molecule has 1 unspecified atom stereocenters. The fourth-order valence-electron chi connectivity index (χ4n) is 1.64. The van der Waals surface area contributed by atoms with Gasteiger partial charge in [-0.1, -0.05) is 43.9 Å². The average Bonchev–Trinajstić information content (AvgIpc) is 2.37. The van der Waals surface area contributed by atoms with Crippen molar-refractivity contribution in [1.82, 2.24) is 0 Å². The van der Waals surface area contributed by atoms with Crippen LogP contribution in [0.15, 0.2) is 29.2 Å². The van der Waals surface area contributed by atoms with E-state index in [9.17, 15) is 12.8 Å². The summed E-state index contributed by atoms with van der Waals surface area (Å²) < 4.78 is 41.8. The van der Waals surface area contributed by atoms with Gasteiger partial charge in [0.05, 0.1) is 11.5 Å². The summed E-state index contributed by atoms with van der Waals surface area (Å²) in [5.74, 6) is 0. The molecule has 0 aliphatic heterocycles. The maximum atomic E-state index is 13.4. The zero-order valence-electron chi connectivity index (χ0n) is 11.4. The summed E-state index contributed by atoms with van der Waals surface area (Å²) in [6.07, 6.45) is 1.83. The number of rotatable bonds is 8. The van der Waals surface area contributed by atoms with Gasteiger partial charge in [-0.2, -0.15) is 8.42 Å². The van der Waals surface area contributed by atoms with E-state index in [1.807, 2.05) is 13.8 Å². The monoisotopic (exact) mass is 288 g/mol. The molecule has 0 spiro atoms. The molecule has 1 aromatic carbocycles. The molecule has 3 nitrogen and oxygen atoms in total. The molecule has 1 atom stereocenters. The van der Waals surface area contributed by atoms with Gasteiger partial charge in [0.25, 0.3) is 10.1 Å². The Morgan fingerprint density at radius 1 is 1.21 bits per heavy atom. The zero-order valence-corrected chi connectivity index (χ0v) is 12.2. The zero-order chi connectivity index (χ0) is 14.3. The Hall–Kier alpha value is -0.940. The summed E-state index contributed by atoms with van der Waals surface area (Å²) in [5, 5.41) is 0. The number of alkyl halides is 1. The molecule has 1 rings (SSSR count). The van der Waals surface area contributed by atoms with Crippen molar-refractivity contribution in [3.63, 3.8) is 0 Å². The van der Waals surface area contributed by atoms with Gasteiger partial charge in [0.1, 0.15) is 6.17 Å². The standard InChI is InChI=1S/C14H21FO3S/c1-3-4-5-6-13(15)11-18-19(16,17)14-9-7-12(2)8-10-14/h7-10,13H,3-6,11H2,1-2H3. The van der Waals surface area contributed by atoms with Gasteiger partial charge in [-0.25, -0.2) is 4.39 Å². The Morgan fingerprint density at radius 2 is 1.84 bits per heavy atom. The lowest BCUT2D eigenvalue weighted by Crippen LogP contribution is -2.15. The third-order valence-corrected chi connectivity index (χ3v) is 4.13. The first-order valence-electron chi connectivity index (χ1n) is 6.56. The van der Waals surface area contributed by atoms with Crippen LogP contribution in [-0.4, -0.2) is 21.2 Å². The highest BCUT2D eigenvalue weighted by molar-refractivity contribution is 7.86. The first kappa shape index (κ1) is 16.1. The molecule has 0 N–H and O–H groups in total. The molecule has 0 amide bonds. The maximum absolute atomic E-state index is 13.4. The molecule has 0 heterocycles. The highest BCUT2D eigenvalue weighted by Gasteiger charge is 2.17. The molecule has 0 radical (unpaired) electrons. The molecule has 19 heavy (non-hydrogen) atoms. The van der Waals surface area contributed by atoms with Crippen LogP contribution in [0.25, 0.3) is 0 Å². The largest absolute Gasteiger partial charge is 0.297 e. The topological polar surface area (TPSA) is 43.4 Å². The van der Waals surface area contributed by atoms with Crippen molar-refractivity contribution in [1.29, 1.82) is 0 Å². The maximum Gasteiger partial charge on any atom is 0.297 e. The van der Waals surface area contributed by atoms with E-state index in [4.69, 9.17) is 4.18 Å². The Bertz CT molecular complexity index is 468. The second-order valence-corrected chi connectivity index (χ2v) is 6.26. The third kappa shape index (κ3) is 5.70. The molecule has 1 aromatic rings. The molecule has 5 heteroatoms. The summed E-state index contributed by atoms with van der Waals surface area (Å²) in [6, 6.07) is 6.30. The molecule has 0 aliphatic rings. The first-order chi connectivity index (χ1) is 8.95. The van der Waals surface area contributed by atoms with E-state index in [0.717, 1.165) is 24.8 Å². The Morgan fingerprint density at radius 3 is 2.42 bits per heavy atom. The lowest BCUT2D eigenvalue weighted by Gasteiger charge is -2.09. The molecule has 0 saturated heterocycles. The van der Waals surface area contributed by atoms with Crippen molar-refractivity contribution in [2.45, 2.75) is 50.6 Å². The minimum absolute atomic E-state index is 0.0684. The molecule has 0 aliphatic carbocycles. The van der Waals surface area contributed by atoms with Crippen LogP contribution in [0.4, 0.5) is 4.39 Å². The van der Waals surface area contributed by atoms with E-state index >= 15 is 0 Å². The van der Waals surface area contributed by atoms with Gasteiger partial charge in [0.15, 0.2) is 0 Å². The van der Waals surface area contributed by atoms with E-state index in [-0.39, 0.29) is 4.90 Å². The predicted octanol–water partition coefficient (Wildman–Crippen LogP) is 3.62. The molecular weight excluding hydrogens is 267 g/mol. The van der Waals surface area contributed by atoms with E-state index in [2.05, 4.69) is 0 Å². The fourth-order valence-corrected chi connectivity index (χ4v) is 2.57. The van der Waals surface area contributed by atoms with Crippen LogP contribution in [-0.2, 0) is 14.3 Å². The molecule has 0 bridgehead atoms. The molecule has 0 saturated carbocycles. The summed E-state index contributed by atoms with van der Waals surface area (Å²) in [4.78, 5) is 0.0684. The van der Waals surface area contributed by atoms with Crippen molar-refractivity contribution in [2.75, 3.05) is 6.61 Å². The molecule has 108 valence electrons. The number of benzene rings is 1. The number of halogens is 1. The van der Waals surface area contributed by atoms with Gasteiger partial charge >= 0.3 is 0 Å².